The first-order valence-corrected chi connectivity index (χ1v) is 10.6. The monoisotopic (exact) mass is 411 g/mol. The highest BCUT2D eigenvalue weighted by atomic mass is 35.5. The Balaban J connectivity index is 1.49. The number of anilines is 1. The quantitative estimate of drug-likeness (QED) is 0.690. The Labute approximate surface area is 175 Å². The van der Waals surface area contributed by atoms with E-state index in [4.69, 9.17) is 21.6 Å². The molecule has 2 aliphatic rings. The van der Waals surface area contributed by atoms with E-state index in [-0.39, 0.29) is 0 Å². The maximum Gasteiger partial charge on any atom is 0.226 e. The first kappa shape index (κ1) is 18.8. The molecule has 2 saturated heterocycles. The fourth-order valence-corrected chi connectivity index (χ4v) is 4.85. The zero-order valence-corrected chi connectivity index (χ0v) is 17.5. The minimum Gasteiger partial charge on any atom is -0.340 e. The van der Waals surface area contributed by atoms with Crippen molar-refractivity contribution in [3.63, 3.8) is 0 Å². The molecule has 2 N–H and O–H groups in total. The second-order valence-electron chi connectivity index (χ2n) is 8.44. The van der Waals surface area contributed by atoms with E-state index < -0.39 is 0 Å². The molecule has 0 aliphatic carbocycles. The summed E-state index contributed by atoms with van der Waals surface area (Å²) in [6.07, 6.45) is 5.00. The van der Waals surface area contributed by atoms with Crippen LogP contribution in [0.2, 0.25) is 5.02 Å². The molecule has 152 valence electrons. The number of nitrogens with zero attached hydrogens (tertiary/aromatic N) is 5. The Morgan fingerprint density at radius 3 is 2.76 bits per heavy atom. The molecule has 0 bridgehead atoms. The van der Waals surface area contributed by atoms with Gasteiger partial charge in [0.1, 0.15) is 5.65 Å². The van der Waals surface area contributed by atoms with Crippen LogP contribution in [-0.2, 0) is 0 Å². The standard InChI is InChI=1S/C21H26ClN7/c1-13-5-15(16-7-24-25-8-16)11-28(10-13)21-26-14(2)6-18(27-21)19-9-23-20-4-3-17(22)12-29(19)20/h3-4,6,9,12-13,15-16,24-25H,5,7-8,10-11H2,1-2H3/t13-,15+/m0/s1. The van der Waals surface area contributed by atoms with Crippen LogP contribution in [0.4, 0.5) is 5.95 Å². The third-order valence-corrected chi connectivity index (χ3v) is 6.29. The summed E-state index contributed by atoms with van der Waals surface area (Å²) in [5.41, 5.74) is 10.2. The van der Waals surface area contributed by atoms with E-state index in [1.165, 1.54) is 6.42 Å². The van der Waals surface area contributed by atoms with Crippen molar-refractivity contribution in [2.45, 2.75) is 20.3 Å². The van der Waals surface area contributed by atoms with Crippen LogP contribution in [0.15, 0.2) is 30.6 Å². The van der Waals surface area contributed by atoms with Gasteiger partial charge in [0.25, 0.3) is 0 Å². The molecule has 2 aliphatic heterocycles. The number of hydrogen-bond donors (Lipinski definition) is 2. The maximum absolute atomic E-state index is 6.21. The van der Waals surface area contributed by atoms with E-state index in [2.05, 4.69) is 27.7 Å². The number of aryl methyl sites for hydroxylation is 1. The molecule has 2 atom stereocenters. The summed E-state index contributed by atoms with van der Waals surface area (Å²) >= 11 is 6.21. The zero-order valence-electron chi connectivity index (χ0n) is 16.8. The van der Waals surface area contributed by atoms with Gasteiger partial charge >= 0.3 is 0 Å². The first-order valence-electron chi connectivity index (χ1n) is 10.3. The average molecular weight is 412 g/mol. The van der Waals surface area contributed by atoms with Gasteiger partial charge in [-0.1, -0.05) is 18.5 Å². The molecule has 0 spiro atoms. The number of aromatic nitrogens is 4. The maximum atomic E-state index is 6.21. The molecule has 0 radical (unpaired) electrons. The van der Waals surface area contributed by atoms with Gasteiger partial charge in [0, 0.05) is 38.1 Å². The van der Waals surface area contributed by atoms with E-state index in [9.17, 15) is 0 Å². The van der Waals surface area contributed by atoms with Crippen molar-refractivity contribution in [2.24, 2.45) is 17.8 Å². The fourth-order valence-electron chi connectivity index (χ4n) is 4.69. The minimum atomic E-state index is 0.622. The van der Waals surface area contributed by atoms with E-state index in [1.807, 2.05) is 41.9 Å². The molecule has 8 heteroatoms. The van der Waals surface area contributed by atoms with Crippen molar-refractivity contribution in [3.05, 3.63) is 41.3 Å². The number of imidazole rings is 1. The van der Waals surface area contributed by atoms with Crippen LogP contribution < -0.4 is 15.8 Å². The van der Waals surface area contributed by atoms with Crippen molar-refractivity contribution < 1.29 is 0 Å². The van der Waals surface area contributed by atoms with Crippen molar-refractivity contribution >= 4 is 23.2 Å². The first-order chi connectivity index (χ1) is 14.1. The van der Waals surface area contributed by atoms with Gasteiger partial charge in [-0.3, -0.25) is 15.3 Å². The van der Waals surface area contributed by atoms with Crippen molar-refractivity contribution in [2.75, 3.05) is 31.1 Å². The lowest BCUT2D eigenvalue weighted by molar-refractivity contribution is 0.262. The normalized spacial score (nSPS) is 23.2. The number of hydrazine groups is 1. The molecular formula is C21H26ClN7. The van der Waals surface area contributed by atoms with Crippen LogP contribution >= 0.6 is 11.6 Å². The van der Waals surface area contributed by atoms with Crippen LogP contribution in [0.25, 0.3) is 17.0 Å². The Hall–Kier alpha value is -2.22. The smallest absolute Gasteiger partial charge is 0.226 e. The summed E-state index contributed by atoms with van der Waals surface area (Å²) in [6, 6.07) is 5.79. The largest absolute Gasteiger partial charge is 0.340 e. The fraction of sp³-hybridized carbons (Fsp3) is 0.476. The number of hydrogen-bond acceptors (Lipinski definition) is 6. The molecular weight excluding hydrogens is 386 g/mol. The topological polar surface area (TPSA) is 70.4 Å². The van der Waals surface area contributed by atoms with Gasteiger partial charge < -0.3 is 4.90 Å². The summed E-state index contributed by atoms with van der Waals surface area (Å²) in [5.74, 6) is 2.73. The summed E-state index contributed by atoms with van der Waals surface area (Å²) in [6.45, 7) is 8.42. The predicted molar refractivity (Wildman–Crippen MR) is 115 cm³/mol. The zero-order chi connectivity index (χ0) is 20.0. The van der Waals surface area contributed by atoms with Gasteiger partial charge in [0.15, 0.2) is 0 Å². The van der Waals surface area contributed by atoms with E-state index in [0.29, 0.717) is 22.8 Å². The van der Waals surface area contributed by atoms with Gasteiger partial charge in [-0.05, 0) is 49.3 Å². The summed E-state index contributed by atoms with van der Waals surface area (Å²) in [5, 5.41) is 0.675. The Morgan fingerprint density at radius 2 is 1.93 bits per heavy atom. The number of piperidine rings is 1. The third-order valence-electron chi connectivity index (χ3n) is 6.07. The van der Waals surface area contributed by atoms with Crippen LogP contribution in [0.5, 0.6) is 0 Å². The molecule has 0 unspecified atom stereocenters. The highest BCUT2D eigenvalue weighted by Crippen LogP contribution is 2.31. The van der Waals surface area contributed by atoms with Crippen molar-refractivity contribution in [3.8, 4) is 11.4 Å². The number of fused-ring (bicyclic) bond motifs is 1. The molecule has 7 nitrogen and oxygen atoms in total. The van der Waals surface area contributed by atoms with Crippen molar-refractivity contribution in [1.29, 1.82) is 0 Å². The lowest BCUT2D eigenvalue weighted by atomic mass is 9.82. The number of pyridine rings is 1. The SMILES string of the molecule is Cc1cc(-c2cnc3ccc(Cl)cn23)nc(N2C[C@@H](C)C[C@@H](C3CNNC3)C2)n1. The third kappa shape index (κ3) is 3.70. The summed E-state index contributed by atoms with van der Waals surface area (Å²) in [4.78, 5) is 16.6. The van der Waals surface area contributed by atoms with Gasteiger partial charge in [0.05, 0.1) is 22.6 Å². The van der Waals surface area contributed by atoms with Gasteiger partial charge in [-0.15, -0.1) is 0 Å². The highest BCUT2D eigenvalue weighted by Gasteiger charge is 2.33. The van der Waals surface area contributed by atoms with Gasteiger partial charge in [-0.25, -0.2) is 15.0 Å². The predicted octanol–water partition coefficient (Wildman–Crippen LogP) is 2.94. The number of halogens is 1. The van der Waals surface area contributed by atoms with Crippen LogP contribution in [0, 0.1) is 24.7 Å². The van der Waals surface area contributed by atoms with E-state index in [1.54, 1.807) is 0 Å². The molecule has 2 fully saturated rings. The highest BCUT2D eigenvalue weighted by molar-refractivity contribution is 6.30. The molecule has 3 aromatic rings. The van der Waals surface area contributed by atoms with Crippen LogP contribution in [0.1, 0.15) is 19.0 Å². The summed E-state index contributed by atoms with van der Waals surface area (Å²) < 4.78 is 1.99. The van der Waals surface area contributed by atoms with Crippen LogP contribution in [0.3, 0.4) is 0 Å². The molecule has 0 amide bonds. The molecule has 0 aromatic carbocycles. The lowest BCUT2D eigenvalue weighted by Gasteiger charge is -2.39. The second-order valence-corrected chi connectivity index (χ2v) is 8.88. The van der Waals surface area contributed by atoms with E-state index >= 15 is 0 Å². The Morgan fingerprint density at radius 1 is 1.10 bits per heavy atom. The lowest BCUT2D eigenvalue weighted by Crippen LogP contribution is -2.44. The summed E-state index contributed by atoms with van der Waals surface area (Å²) in [7, 11) is 0. The minimum absolute atomic E-state index is 0.622. The Kier molecular flexibility index (Phi) is 4.89. The molecule has 5 heterocycles. The molecule has 5 rings (SSSR count). The van der Waals surface area contributed by atoms with Crippen molar-refractivity contribution in [1.82, 2.24) is 30.2 Å². The van der Waals surface area contributed by atoms with Crippen LogP contribution in [-0.4, -0.2) is 45.5 Å². The van der Waals surface area contributed by atoms with Gasteiger partial charge in [-0.2, -0.15) is 0 Å². The van der Waals surface area contributed by atoms with Gasteiger partial charge in [0.2, 0.25) is 5.95 Å². The molecule has 0 saturated carbocycles. The molecule has 29 heavy (non-hydrogen) atoms. The average Bonchev–Trinajstić information content (AvgIpc) is 3.37. The Bertz CT molecular complexity index is 1030. The second kappa shape index (κ2) is 7.55. The number of nitrogens with one attached hydrogen (secondary N) is 2. The van der Waals surface area contributed by atoms with E-state index in [0.717, 1.165) is 54.9 Å². The molecule has 3 aromatic heterocycles. The number of rotatable bonds is 3.